The van der Waals surface area contributed by atoms with Crippen molar-refractivity contribution in [3.8, 4) is 0 Å². The predicted molar refractivity (Wildman–Crippen MR) is 84.3 cm³/mol. The van der Waals surface area contributed by atoms with Crippen molar-refractivity contribution in [3.05, 3.63) is 27.7 Å². The van der Waals surface area contributed by atoms with Gasteiger partial charge in [0.25, 0.3) is 0 Å². The Labute approximate surface area is 133 Å². The third kappa shape index (κ3) is 5.10. The number of urea groups is 1. The smallest absolute Gasteiger partial charge is 0.322 e. The summed E-state index contributed by atoms with van der Waals surface area (Å²) in [6.45, 7) is 5.56. The van der Waals surface area contributed by atoms with Gasteiger partial charge in [-0.2, -0.15) is 0 Å². The van der Waals surface area contributed by atoms with E-state index >= 15 is 0 Å². The number of carboxylic acids is 1. The molecule has 0 aliphatic heterocycles. The molecule has 21 heavy (non-hydrogen) atoms. The van der Waals surface area contributed by atoms with Gasteiger partial charge in [-0.05, 0) is 38.5 Å². The first kappa shape index (κ1) is 17.6. The fourth-order valence-corrected chi connectivity index (χ4v) is 2.17. The Kier molecular flexibility index (Phi) is 6.30. The van der Waals surface area contributed by atoms with E-state index in [2.05, 4.69) is 5.32 Å². The van der Waals surface area contributed by atoms with Gasteiger partial charge in [-0.15, -0.1) is 0 Å². The molecule has 0 aliphatic rings. The summed E-state index contributed by atoms with van der Waals surface area (Å²) in [5.74, 6) is -0.954. The molecule has 0 atom stereocenters. The lowest BCUT2D eigenvalue weighted by Crippen LogP contribution is -2.41. The number of aryl methyl sites for hydroxylation is 1. The van der Waals surface area contributed by atoms with Crippen LogP contribution in [0.3, 0.4) is 0 Å². The number of carbonyl (C=O) groups is 2. The Morgan fingerprint density at radius 2 is 1.90 bits per heavy atom. The Balaban J connectivity index is 2.86. The zero-order valence-corrected chi connectivity index (χ0v) is 13.6. The first-order valence-corrected chi connectivity index (χ1v) is 7.23. The van der Waals surface area contributed by atoms with E-state index in [4.69, 9.17) is 28.3 Å². The summed E-state index contributed by atoms with van der Waals surface area (Å²) in [6, 6.07) is 2.70. The molecule has 0 saturated heterocycles. The summed E-state index contributed by atoms with van der Waals surface area (Å²) in [4.78, 5) is 24.3. The van der Waals surface area contributed by atoms with Gasteiger partial charge in [0.05, 0.1) is 17.1 Å². The van der Waals surface area contributed by atoms with Crippen molar-refractivity contribution in [2.24, 2.45) is 0 Å². The van der Waals surface area contributed by atoms with Crippen LogP contribution in [0, 0.1) is 6.92 Å². The van der Waals surface area contributed by atoms with E-state index in [0.717, 1.165) is 5.56 Å². The molecule has 2 amide bonds. The fraction of sp³-hybridized carbons (Fsp3) is 0.429. The van der Waals surface area contributed by atoms with E-state index in [1.807, 2.05) is 20.8 Å². The maximum atomic E-state index is 12.2. The molecule has 0 spiro atoms. The van der Waals surface area contributed by atoms with Crippen molar-refractivity contribution >= 4 is 40.9 Å². The molecule has 0 heterocycles. The van der Waals surface area contributed by atoms with E-state index in [9.17, 15) is 9.59 Å². The van der Waals surface area contributed by atoms with E-state index < -0.39 is 12.0 Å². The maximum absolute atomic E-state index is 12.2. The summed E-state index contributed by atoms with van der Waals surface area (Å²) in [7, 11) is 0. The number of anilines is 1. The third-order valence-electron chi connectivity index (χ3n) is 2.94. The Bertz CT molecular complexity index is 547. The summed E-state index contributed by atoms with van der Waals surface area (Å²) < 4.78 is 0. The highest BCUT2D eigenvalue weighted by molar-refractivity contribution is 6.36. The largest absolute Gasteiger partial charge is 0.481 e. The number of hydrogen-bond donors (Lipinski definition) is 2. The fourth-order valence-electron chi connectivity index (χ4n) is 1.74. The van der Waals surface area contributed by atoms with E-state index in [1.165, 1.54) is 4.90 Å². The first-order valence-electron chi connectivity index (χ1n) is 6.47. The van der Waals surface area contributed by atoms with E-state index in [0.29, 0.717) is 15.7 Å². The number of carboxylic acid groups (broad SMARTS) is 1. The van der Waals surface area contributed by atoms with Crippen molar-refractivity contribution in [2.45, 2.75) is 33.2 Å². The Morgan fingerprint density at radius 3 is 2.43 bits per heavy atom. The van der Waals surface area contributed by atoms with Crippen LogP contribution < -0.4 is 5.32 Å². The number of halogens is 2. The molecule has 0 aromatic heterocycles. The normalized spacial score (nSPS) is 10.6. The standard InChI is InChI=1S/C14H18Cl2N2O3/c1-8(2)18(5-4-13(19)20)14(21)17-12-7-10(15)9(3)6-11(12)16/h6-8H,4-5H2,1-3H3,(H,17,21)(H,19,20). The highest BCUT2D eigenvalue weighted by Crippen LogP contribution is 2.29. The van der Waals surface area contributed by atoms with Gasteiger partial charge >= 0.3 is 12.0 Å². The molecule has 1 aromatic carbocycles. The van der Waals surface area contributed by atoms with Gasteiger partial charge in [-0.3, -0.25) is 4.79 Å². The average Bonchev–Trinajstić information content (AvgIpc) is 2.35. The van der Waals surface area contributed by atoms with Crippen LogP contribution in [0.5, 0.6) is 0 Å². The minimum absolute atomic E-state index is 0.117. The van der Waals surface area contributed by atoms with Crippen molar-refractivity contribution in [1.29, 1.82) is 0 Å². The zero-order valence-electron chi connectivity index (χ0n) is 12.1. The highest BCUT2D eigenvalue weighted by atomic mass is 35.5. The summed E-state index contributed by atoms with van der Waals surface area (Å²) >= 11 is 12.1. The molecule has 1 rings (SSSR count). The zero-order chi connectivity index (χ0) is 16.2. The minimum Gasteiger partial charge on any atom is -0.481 e. The Morgan fingerprint density at radius 1 is 1.29 bits per heavy atom. The van der Waals surface area contributed by atoms with Gasteiger partial charge in [-0.1, -0.05) is 23.2 Å². The first-order chi connectivity index (χ1) is 9.72. The topological polar surface area (TPSA) is 69.6 Å². The molecule has 0 aliphatic carbocycles. The summed E-state index contributed by atoms with van der Waals surface area (Å²) in [5, 5.41) is 12.3. The number of amides is 2. The molecule has 5 nitrogen and oxygen atoms in total. The number of carbonyl (C=O) groups excluding carboxylic acids is 1. The van der Waals surface area contributed by atoms with Crippen molar-refractivity contribution in [2.75, 3.05) is 11.9 Å². The van der Waals surface area contributed by atoms with E-state index in [1.54, 1.807) is 12.1 Å². The monoisotopic (exact) mass is 332 g/mol. The number of benzene rings is 1. The van der Waals surface area contributed by atoms with Crippen LogP contribution in [0.1, 0.15) is 25.8 Å². The molecule has 2 N–H and O–H groups in total. The van der Waals surface area contributed by atoms with Gasteiger partial charge in [0.1, 0.15) is 0 Å². The molecule has 0 bridgehead atoms. The van der Waals surface area contributed by atoms with Gasteiger partial charge in [0, 0.05) is 17.6 Å². The average molecular weight is 333 g/mol. The van der Waals surface area contributed by atoms with Crippen molar-refractivity contribution in [1.82, 2.24) is 4.90 Å². The van der Waals surface area contributed by atoms with Gasteiger partial charge in [0.15, 0.2) is 0 Å². The van der Waals surface area contributed by atoms with E-state index in [-0.39, 0.29) is 19.0 Å². The second kappa shape index (κ2) is 7.52. The second-order valence-corrected chi connectivity index (χ2v) is 5.76. The number of hydrogen-bond acceptors (Lipinski definition) is 2. The molecule has 116 valence electrons. The van der Waals surface area contributed by atoms with Crippen LogP contribution in [0.25, 0.3) is 0 Å². The van der Waals surface area contributed by atoms with Gasteiger partial charge in [0.2, 0.25) is 0 Å². The van der Waals surface area contributed by atoms with Crippen LogP contribution in [-0.4, -0.2) is 34.6 Å². The van der Waals surface area contributed by atoms with Crippen LogP contribution in [0.4, 0.5) is 10.5 Å². The predicted octanol–water partition coefficient (Wildman–Crippen LogP) is 4.02. The molecular weight excluding hydrogens is 315 g/mol. The van der Waals surface area contributed by atoms with Crippen LogP contribution in [0.2, 0.25) is 10.0 Å². The van der Waals surface area contributed by atoms with Crippen LogP contribution in [0.15, 0.2) is 12.1 Å². The summed E-state index contributed by atoms with van der Waals surface area (Å²) in [6.07, 6.45) is -0.117. The SMILES string of the molecule is Cc1cc(Cl)c(NC(=O)N(CCC(=O)O)C(C)C)cc1Cl. The maximum Gasteiger partial charge on any atom is 0.322 e. The van der Waals surface area contributed by atoms with Crippen LogP contribution in [-0.2, 0) is 4.79 Å². The molecule has 1 aromatic rings. The lowest BCUT2D eigenvalue weighted by molar-refractivity contribution is -0.137. The number of aliphatic carboxylic acids is 1. The van der Waals surface area contributed by atoms with Crippen molar-refractivity contribution in [3.63, 3.8) is 0 Å². The molecule has 0 unspecified atom stereocenters. The molecule has 0 radical (unpaired) electrons. The highest BCUT2D eigenvalue weighted by Gasteiger charge is 2.19. The summed E-state index contributed by atoms with van der Waals surface area (Å²) in [5.41, 5.74) is 1.21. The number of nitrogens with zero attached hydrogens (tertiary/aromatic N) is 1. The number of nitrogens with one attached hydrogen (secondary N) is 1. The van der Waals surface area contributed by atoms with Crippen molar-refractivity contribution < 1.29 is 14.7 Å². The number of rotatable bonds is 5. The second-order valence-electron chi connectivity index (χ2n) is 4.94. The van der Waals surface area contributed by atoms with Gasteiger partial charge < -0.3 is 15.3 Å². The lowest BCUT2D eigenvalue weighted by Gasteiger charge is -2.26. The lowest BCUT2D eigenvalue weighted by atomic mass is 10.2. The molecule has 7 heteroatoms. The third-order valence-corrected chi connectivity index (χ3v) is 3.66. The van der Waals surface area contributed by atoms with Gasteiger partial charge in [-0.25, -0.2) is 4.79 Å². The Hall–Kier alpha value is -1.46. The molecule has 0 saturated carbocycles. The molecule has 0 fully saturated rings. The minimum atomic E-state index is -0.954. The quantitative estimate of drug-likeness (QED) is 0.855. The molecular formula is C14H18Cl2N2O3. The van der Waals surface area contributed by atoms with Crippen LogP contribution >= 0.6 is 23.2 Å².